The van der Waals surface area contributed by atoms with E-state index >= 15 is 0 Å². The summed E-state index contributed by atoms with van der Waals surface area (Å²) in [5.41, 5.74) is 6.44. The van der Waals surface area contributed by atoms with Gasteiger partial charge in [0.2, 0.25) is 5.91 Å². The molecule has 1 amide bonds. The number of amides is 1. The van der Waals surface area contributed by atoms with E-state index in [1.807, 2.05) is 29.2 Å². The number of carbonyl (C=O) groups is 1. The van der Waals surface area contributed by atoms with Crippen LogP contribution in [0.4, 0.5) is 5.69 Å². The van der Waals surface area contributed by atoms with Gasteiger partial charge in [0.1, 0.15) is 5.75 Å². The smallest absolute Gasteiger partial charge is 0.230 e. The predicted octanol–water partition coefficient (Wildman–Crippen LogP) is 1.80. The summed E-state index contributed by atoms with van der Waals surface area (Å²) >= 11 is 0. The molecule has 0 aliphatic carbocycles. The van der Waals surface area contributed by atoms with Gasteiger partial charge in [-0.3, -0.25) is 4.79 Å². The van der Waals surface area contributed by atoms with Crippen molar-refractivity contribution in [1.29, 1.82) is 0 Å². The third-order valence-corrected chi connectivity index (χ3v) is 3.80. The van der Waals surface area contributed by atoms with Gasteiger partial charge in [0.15, 0.2) is 0 Å². The van der Waals surface area contributed by atoms with Gasteiger partial charge >= 0.3 is 0 Å². The number of methoxy groups -OCH3 is 1. The minimum absolute atomic E-state index is 0.0291. The van der Waals surface area contributed by atoms with Crippen LogP contribution in [0.25, 0.3) is 0 Å². The molecule has 2 N–H and O–H groups in total. The fraction of sp³-hybridized carbons (Fsp3) is 0.562. The van der Waals surface area contributed by atoms with Gasteiger partial charge in [-0.2, -0.15) is 0 Å². The van der Waals surface area contributed by atoms with E-state index in [9.17, 15) is 4.79 Å². The quantitative estimate of drug-likeness (QED) is 0.868. The number of carbonyl (C=O) groups excluding carboxylic acids is 1. The second kappa shape index (κ2) is 8.00. The average molecular weight is 292 g/mol. The van der Waals surface area contributed by atoms with Crippen molar-refractivity contribution in [3.8, 4) is 5.75 Å². The summed E-state index contributed by atoms with van der Waals surface area (Å²) in [6.45, 7) is 2.50. The van der Waals surface area contributed by atoms with Gasteiger partial charge in [0.05, 0.1) is 12.8 Å². The molecule has 21 heavy (non-hydrogen) atoms. The third kappa shape index (κ3) is 3.95. The van der Waals surface area contributed by atoms with Crippen molar-refractivity contribution < 1.29 is 14.3 Å². The Morgan fingerprint density at radius 3 is 2.76 bits per heavy atom. The van der Waals surface area contributed by atoms with Gasteiger partial charge < -0.3 is 20.1 Å². The monoisotopic (exact) mass is 292 g/mol. The number of hydrogen-bond acceptors (Lipinski definition) is 4. The molecule has 0 unspecified atom stereocenters. The molecule has 0 saturated carbocycles. The fourth-order valence-electron chi connectivity index (χ4n) is 2.62. The lowest BCUT2D eigenvalue weighted by Gasteiger charge is -2.30. The Bertz CT molecular complexity index is 459. The SMILES string of the molecule is COc1ccccc1N(CCCN)C(=O)C1CCOCC1. The molecule has 1 fully saturated rings. The number of rotatable bonds is 6. The van der Waals surface area contributed by atoms with Gasteiger partial charge in [0.25, 0.3) is 0 Å². The summed E-state index contributed by atoms with van der Waals surface area (Å²) < 4.78 is 10.7. The van der Waals surface area contributed by atoms with Gasteiger partial charge in [-0.1, -0.05) is 12.1 Å². The summed E-state index contributed by atoms with van der Waals surface area (Å²) in [7, 11) is 1.62. The maximum absolute atomic E-state index is 12.8. The molecule has 0 aromatic heterocycles. The highest BCUT2D eigenvalue weighted by Crippen LogP contribution is 2.30. The number of ether oxygens (including phenoxy) is 2. The lowest BCUT2D eigenvalue weighted by molar-refractivity contribution is -0.125. The van der Waals surface area contributed by atoms with Gasteiger partial charge in [-0.25, -0.2) is 0 Å². The molecule has 1 saturated heterocycles. The Labute approximate surface area is 126 Å². The second-order valence-corrected chi connectivity index (χ2v) is 5.19. The number of anilines is 1. The number of nitrogens with two attached hydrogens (primary N) is 1. The normalized spacial score (nSPS) is 15.7. The van der Waals surface area contributed by atoms with E-state index in [0.717, 1.165) is 30.7 Å². The Kier molecular flexibility index (Phi) is 6.02. The minimum atomic E-state index is 0.0291. The molecule has 1 aromatic rings. The van der Waals surface area contributed by atoms with Crippen molar-refractivity contribution >= 4 is 11.6 Å². The molecule has 0 bridgehead atoms. The lowest BCUT2D eigenvalue weighted by Crippen LogP contribution is -2.40. The van der Waals surface area contributed by atoms with E-state index in [2.05, 4.69) is 0 Å². The van der Waals surface area contributed by atoms with Crippen LogP contribution in [0, 0.1) is 5.92 Å². The van der Waals surface area contributed by atoms with Crippen LogP contribution in [0.15, 0.2) is 24.3 Å². The van der Waals surface area contributed by atoms with Crippen molar-refractivity contribution in [1.82, 2.24) is 0 Å². The van der Waals surface area contributed by atoms with E-state index in [4.69, 9.17) is 15.2 Å². The topological polar surface area (TPSA) is 64.8 Å². The summed E-state index contributed by atoms with van der Waals surface area (Å²) in [6, 6.07) is 7.63. The molecular formula is C16H24N2O3. The highest BCUT2D eigenvalue weighted by atomic mass is 16.5. The van der Waals surface area contributed by atoms with Gasteiger partial charge in [-0.05, 0) is 37.9 Å². The first-order valence-corrected chi connectivity index (χ1v) is 7.50. The van der Waals surface area contributed by atoms with Crippen LogP contribution >= 0.6 is 0 Å². The van der Waals surface area contributed by atoms with Crippen molar-refractivity contribution in [2.75, 3.05) is 38.3 Å². The Morgan fingerprint density at radius 2 is 2.10 bits per heavy atom. The molecule has 116 valence electrons. The van der Waals surface area contributed by atoms with Crippen molar-refractivity contribution in [3.05, 3.63) is 24.3 Å². The zero-order valence-electron chi connectivity index (χ0n) is 12.6. The highest BCUT2D eigenvalue weighted by molar-refractivity contribution is 5.96. The van der Waals surface area contributed by atoms with E-state index in [1.54, 1.807) is 7.11 Å². The van der Waals surface area contributed by atoms with Gasteiger partial charge in [-0.15, -0.1) is 0 Å². The van der Waals surface area contributed by atoms with E-state index in [0.29, 0.717) is 26.3 Å². The number of benzene rings is 1. The first kappa shape index (κ1) is 15.8. The summed E-state index contributed by atoms with van der Waals surface area (Å²) in [5.74, 6) is 0.896. The lowest BCUT2D eigenvalue weighted by atomic mass is 9.98. The second-order valence-electron chi connectivity index (χ2n) is 5.19. The molecular weight excluding hydrogens is 268 g/mol. The van der Waals surface area contributed by atoms with Crippen LogP contribution in [0.2, 0.25) is 0 Å². The first-order valence-electron chi connectivity index (χ1n) is 7.50. The molecule has 2 rings (SSSR count). The summed E-state index contributed by atoms with van der Waals surface area (Å²) in [4.78, 5) is 14.7. The van der Waals surface area contributed by atoms with E-state index in [-0.39, 0.29) is 11.8 Å². The molecule has 1 aromatic carbocycles. The van der Waals surface area contributed by atoms with Gasteiger partial charge in [0, 0.05) is 25.7 Å². The molecule has 5 nitrogen and oxygen atoms in total. The molecule has 0 spiro atoms. The summed E-state index contributed by atoms with van der Waals surface area (Å²) in [5, 5.41) is 0. The Balaban J connectivity index is 2.22. The summed E-state index contributed by atoms with van der Waals surface area (Å²) in [6.07, 6.45) is 2.34. The molecule has 0 radical (unpaired) electrons. The Morgan fingerprint density at radius 1 is 1.38 bits per heavy atom. The average Bonchev–Trinajstić information content (AvgIpc) is 2.56. The minimum Gasteiger partial charge on any atom is -0.495 e. The fourth-order valence-corrected chi connectivity index (χ4v) is 2.62. The van der Waals surface area contributed by atoms with Crippen LogP contribution in [-0.4, -0.2) is 39.3 Å². The van der Waals surface area contributed by atoms with Crippen LogP contribution < -0.4 is 15.4 Å². The van der Waals surface area contributed by atoms with E-state index < -0.39 is 0 Å². The number of para-hydroxylation sites is 2. The van der Waals surface area contributed by atoms with Crippen LogP contribution in [0.5, 0.6) is 5.75 Å². The van der Waals surface area contributed by atoms with Crippen molar-refractivity contribution in [2.24, 2.45) is 11.7 Å². The largest absolute Gasteiger partial charge is 0.495 e. The first-order chi connectivity index (χ1) is 10.3. The van der Waals surface area contributed by atoms with Crippen LogP contribution in [0.3, 0.4) is 0 Å². The Hall–Kier alpha value is -1.59. The third-order valence-electron chi connectivity index (χ3n) is 3.80. The number of hydrogen-bond donors (Lipinski definition) is 1. The molecule has 1 aliphatic heterocycles. The molecule has 5 heteroatoms. The number of nitrogens with zero attached hydrogens (tertiary/aromatic N) is 1. The maximum Gasteiger partial charge on any atom is 0.230 e. The molecule has 1 heterocycles. The van der Waals surface area contributed by atoms with E-state index in [1.165, 1.54) is 0 Å². The zero-order valence-corrected chi connectivity index (χ0v) is 12.6. The van der Waals surface area contributed by atoms with Crippen molar-refractivity contribution in [2.45, 2.75) is 19.3 Å². The standard InChI is InChI=1S/C16H24N2O3/c1-20-15-6-3-2-5-14(15)18(10-4-9-17)16(19)13-7-11-21-12-8-13/h2-3,5-6,13H,4,7-12,17H2,1H3. The predicted molar refractivity (Wildman–Crippen MR) is 82.6 cm³/mol. The van der Waals surface area contributed by atoms with Crippen molar-refractivity contribution in [3.63, 3.8) is 0 Å². The van der Waals surface area contributed by atoms with Crippen LogP contribution in [0.1, 0.15) is 19.3 Å². The zero-order chi connectivity index (χ0) is 15.1. The maximum atomic E-state index is 12.8. The highest BCUT2D eigenvalue weighted by Gasteiger charge is 2.28. The van der Waals surface area contributed by atoms with Crippen LogP contribution in [-0.2, 0) is 9.53 Å². The molecule has 1 aliphatic rings. The molecule has 0 atom stereocenters.